The Morgan fingerprint density at radius 3 is 2.67 bits per heavy atom. The number of aromatic nitrogens is 2. The lowest BCUT2D eigenvalue weighted by atomic mass is 10.1. The Kier molecular flexibility index (Phi) is 7.34. The van der Waals surface area contributed by atoms with Crippen molar-refractivity contribution < 1.29 is 17.9 Å². The molecule has 36 heavy (non-hydrogen) atoms. The molecule has 4 rings (SSSR count). The Hall–Kier alpha value is -3.41. The second-order valence-electron chi connectivity index (χ2n) is 8.39. The van der Waals surface area contributed by atoms with E-state index < -0.39 is 16.1 Å². The van der Waals surface area contributed by atoms with Gasteiger partial charge in [-0.05, 0) is 35.7 Å². The lowest BCUT2D eigenvalue weighted by molar-refractivity contribution is 0.0962. The first kappa shape index (κ1) is 25.7. The van der Waals surface area contributed by atoms with Crippen LogP contribution in [0.3, 0.4) is 0 Å². The number of methoxy groups -OCH3 is 1. The molecule has 1 aromatic heterocycles. The van der Waals surface area contributed by atoms with Crippen LogP contribution in [0, 0.1) is 0 Å². The predicted molar refractivity (Wildman–Crippen MR) is 140 cm³/mol. The molecule has 0 unspecified atom stereocenters. The number of benzene rings is 2. The molecule has 0 aliphatic heterocycles. The molecule has 0 saturated carbocycles. The molecule has 3 aromatic rings. The minimum atomic E-state index is -3.46. The normalized spacial score (nSPS) is 16.9. The third kappa shape index (κ3) is 5.23. The smallest absolute Gasteiger partial charge is 0.251 e. The van der Waals surface area contributed by atoms with Crippen molar-refractivity contribution >= 4 is 45.0 Å². The van der Waals surface area contributed by atoms with Crippen LogP contribution in [0.5, 0.6) is 5.75 Å². The fourth-order valence-corrected chi connectivity index (χ4v) is 5.08. The summed E-state index contributed by atoms with van der Waals surface area (Å²) in [7, 11) is 1.16. The van der Waals surface area contributed by atoms with Crippen LogP contribution in [-0.4, -0.2) is 62.1 Å². The lowest BCUT2D eigenvalue weighted by Crippen LogP contribution is -2.39. The van der Waals surface area contributed by atoms with Gasteiger partial charge in [0.25, 0.3) is 5.91 Å². The van der Waals surface area contributed by atoms with Crippen molar-refractivity contribution in [3.63, 3.8) is 0 Å². The number of likely N-dealkylation sites (N-methyl/N-ethyl adjacent to an activating group) is 1. The molecule has 190 valence electrons. The van der Waals surface area contributed by atoms with E-state index in [0.717, 1.165) is 11.1 Å². The topological polar surface area (TPSA) is 126 Å². The number of carbonyl (C=O) groups excluding carboxylic acids is 1. The van der Waals surface area contributed by atoms with E-state index in [2.05, 4.69) is 25.9 Å². The number of sulfonamides is 1. The van der Waals surface area contributed by atoms with E-state index in [4.69, 9.17) is 16.3 Å². The van der Waals surface area contributed by atoms with Crippen LogP contribution >= 0.6 is 11.6 Å². The maximum Gasteiger partial charge on any atom is 0.251 e. The van der Waals surface area contributed by atoms with Gasteiger partial charge in [-0.3, -0.25) is 4.79 Å². The minimum absolute atomic E-state index is 0.236. The number of hydrogen-bond donors (Lipinski definition) is 3. The SMILES string of the molecule is CNC(=O)c1ccc(Nc2ncc(Cl)c(N[C@@H]3Cc4ccccc4[C@H]3N(C)S(C)(=O)=O)n2)c(OC)c1. The van der Waals surface area contributed by atoms with Crippen molar-refractivity contribution in [2.75, 3.05) is 38.1 Å². The molecule has 2 aromatic carbocycles. The number of hydrogen-bond acceptors (Lipinski definition) is 8. The van der Waals surface area contributed by atoms with Crippen LogP contribution < -0.4 is 20.7 Å². The second-order valence-corrected chi connectivity index (χ2v) is 10.8. The quantitative estimate of drug-likeness (QED) is 0.405. The molecule has 1 heterocycles. The number of fused-ring (bicyclic) bond motifs is 1. The van der Waals surface area contributed by atoms with Gasteiger partial charge in [-0.1, -0.05) is 35.9 Å². The molecule has 1 amide bonds. The summed E-state index contributed by atoms with van der Waals surface area (Å²) in [5, 5.41) is 9.29. The Bertz CT molecular complexity index is 1400. The van der Waals surface area contributed by atoms with Gasteiger partial charge in [-0.2, -0.15) is 9.29 Å². The van der Waals surface area contributed by atoms with Gasteiger partial charge < -0.3 is 20.7 Å². The summed E-state index contributed by atoms with van der Waals surface area (Å²) >= 11 is 6.42. The zero-order valence-corrected chi connectivity index (χ0v) is 21.8. The van der Waals surface area contributed by atoms with Crippen LogP contribution in [-0.2, 0) is 16.4 Å². The maximum absolute atomic E-state index is 12.4. The average molecular weight is 531 g/mol. The summed E-state index contributed by atoms with van der Waals surface area (Å²) in [6.07, 6.45) is 3.24. The third-order valence-electron chi connectivity index (χ3n) is 6.11. The van der Waals surface area contributed by atoms with Crippen molar-refractivity contribution in [2.24, 2.45) is 0 Å². The van der Waals surface area contributed by atoms with E-state index in [0.29, 0.717) is 34.3 Å². The second kappa shape index (κ2) is 10.3. The highest BCUT2D eigenvalue weighted by Gasteiger charge is 2.38. The molecular weight excluding hydrogens is 504 g/mol. The first-order valence-corrected chi connectivity index (χ1v) is 13.3. The van der Waals surface area contributed by atoms with Crippen molar-refractivity contribution in [1.82, 2.24) is 19.6 Å². The fourth-order valence-electron chi connectivity index (χ4n) is 4.26. The standard InChI is InChI=1S/C24H27ClN6O4S/c1-26-23(32)15-9-10-18(20(12-15)35-3)29-24-27-13-17(25)22(30-24)28-19-11-14-7-5-6-8-16(14)21(19)31(2)36(4,33)34/h5-10,12-13,19,21H,11H2,1-4H3,(H,26,32)(H2,27,28,29,30)/t19-,21-/m1/s1. The molecular formula is C24H27ClN6O4S. The zero-order valence-electron chi connectivity index (χ0n) is 20.2. The number of amides is 1. The Morgan fingerprint density at radius 1 is 1.22 bits per heavy atom. The predicted octanol–water partition coefficient (Wildman–Crippen LogP) is 3.21. The highest BCUT2D eigenvalue weighted by atomic mass is 35.5. The van der Waals surface area contributed by atoms with Crippen molar-refractivity contribution in [3.8, 4) is 5.75 Å². The molecule has 0 saturated heterocycles. The first-order valence-electron chi connectivity index (χ1n) is 11.1. The number of anilines is 3. The van der Waals surface area contributed by atoms with Gasteiger partial charge in [0.05, 0.1) is 37.3 Å². The summed E-state index contributed by atoms with van der Waals surface area (Å²) in [4.78, 5) is 20.7. The van der Waals surface area contributed by atoms with E-state index in [1.54, 1.807) is 32.3 Å². The van der Waals surface area contributed by atoms with E-state index in [-0.39, 0.29) is 17.9 Å². The number of carbonyl (C=O) groups is 1. The molecule has 3 N–H and O–H groups in total. The van der Waals surface area contributed by atoms with Crippen molar-refractivity contribution in [2.45, 2.75) is 18.5 Å². The van der Waals surface area contributed by atoms with Gasteiger partial charge in [0, 0.05) is 19.7 Å². The number of nitrogens with one attached hydrogen (secondary N) is 3. The van der Waals surface area contributed by atoms with Crippen LogP contribution in [0.15, 0.2) is 48.7 Å². The van der Waals surface area contributed by atoms with E-state index in [1.807, 2.05) is 24.3 Å². The Balaban J connectivity index is 1.62. The van der Waals surface area contributed by atoms with E-state index in [1.165, 1.54) is 23.9 Å². The summed E-state index contributed by atoms with van der Waals surface area (Å²) in [5.41, 5.74) is 3.00. The molecule has 0 fully saturated rings. The molecule has 12 heteroatoms. The summed E-state index contributed by atoms with van der Waals surface area (Å²) in [6.45, 7) is 0. The van der Waals surface area contributed by atoms with Crippen LogP contribution in [0.2, 0.25) is 5.02 Å². The molecule has 1 aliphatic carbocycles. The highest BCUT2D eigenvalue weighted by molar-refractivity contribution is 7.88. The van der Waals surface area contributed by atoms with Crippen LogP contribution in [0.25, 0.3) is 0 Å². The number of ether oxygens (including phenoxy) is 1. The molecule has 1 aliphatic rings. The monoisotopic (exact) mass is 530 g/mol. The Labute approximate surface area is 215 Å². The number of nitrogens with zero attached hydrogens (tertiary/aromatic N) is 3. The van der Waals surface area contributed by atoms with Gasteiger partial charge in [0.15, 0.2) is 5.82 Å². The summed E-state index contributed by atoms with van der Waals surface area (Å²) < 4.78 is 31.6. The largest absolute Gasteiger partial charge is 0.495 e. The van der Waals surface area contributed by atoms with Gasteiger partial charge in [-0.15, -0.1) is 0 Å². The summed E-state index contributed by atoms with van der Waals surface area (Å²) in [5.74, 6) is 0.807. The molecule has 0 spiro atoms. The first-order chi connectivity index (χ1) is 17.1. The molecule has 2 atom stereocenters. The maximum atomic E-state index is 12.4. The third-order valence-corrected chi connectivity index (χ3v) is 7.66. The van der Waals surface area contributed by atoms with Crippen molar-refractivity contribution in [3.05, 3.63) is 70.4 Å². The van der Waals surface area contributed by atoms with Gasteiger partial charge in [0.2, 0.25) is 16.0 Å². The van der Waals surface area contributed by atoms with Crippen LogP contribution in [0.1, 0.15) is 27.5 Å². The molecule has 10 nitrogen and oxygen atoms in total. The van der Waals surface area contributed by atoms with Gasteiger partial charge >= 0.3 is 0 Å². The lowest BCUT2D eigenvalue weighted by Gasteiger charge is -2.29. The van der Waals surface area contributed by atoms with Crippen LogP contribution in [0.4, 0.5) is 17.5 Å². The zero-order chi connectivity index (χ0) is 26.0. The van der Waals surface area contributed by atoms with E-state index in [9.17, 15) is 13.2 Å². The average Bonchev–Trinajstić information content (AvgIpc) is 3.22. The Morgan fingerprint density at radius 2 is 1.97 bits per heavy atom. The van der Waals surface area contributed by atoms with Gasteiger partial charge in [-0.25, -0.2) is 13.4 Å². The molecule has 0 bridgehead atoms. The fraction of sp³-hybridized carbons (Fsp3) is 0.292. The summed E-state index contributed by atoms with van der Waals surface area (Å²) in [6, 6.07) is 12.0. The van der Waals surface area contributed by atoms with Crippen molar-refractivity contribution in [1.29, 1.82) is 0 Å². The van der Waals surface area contributed by atoms with E-state index >= 15 is 0 Å². The minimum Gasteiger partial charge on any atom is -0.495 e. The number of rotatable bonds is 8. The number of halogens is 1. The van der Waals surface area contributed by atoms with Gasteiger partial charge in [0.1, 0.15) is 10.8 Å². The highest BCUT2D eigenvalue weighted by Crippen LogP contribution is 2.39. The molecule has 0 radical (unpaired) electrons.